The fourth-order valence-corrected chi connectivity index (χ4v) is 0.575. The Morgan fingerprint density at radius 2 is 1.77 bits per heavy atom. The standard InChI is InChI=1S/C9H20N2O2/c1-6(10)7(12)11-8(2,3)9(4,5)13/h6,13H,10H2,1-5H3,(H,11,12)/t6-/m0/s1. The zero-order valence-corrected chi connectivity index (χ0v) is 9.01. The molecule has 0 heterocycles. The molecule has 0 saturated carbocycles. The Balaban J connectivity index is 4.44. The van der Waals surface area contributed by atoms with Gasteiger partial charge >= 0.3 is 0 Å². The lowest BCUT2D eigenvalue weighted by atomic mass is 9.86. The summed E-state index contributed by atoms with van der Waals surface area (Å²) in [6, 6.07) is -0.554. The third kappa shape index (κ3) is 3.32. The number of nitrogens with two attached hydrogens (primary N) is 1. The first-order valence-corrected chi connectivity index (χ1v) is 4.38. The fourth-order valence-electron chi connectivity index (χ4n) is 0.575. The summed E-state index contributed by atoms with van der Waals surface area (Å²) in [6.07, 6.45) is 0. The van der Waals surface area contributed by atoms with E-state index in [1.165, 1.54) is 0 Å². The second-order valence-corrected chi connectivity index (χ2v) is 4.46. The fraction of sp³-hybridized carbons (Fsp3) is 0.889. The Bertz CT molecular complexity index is 192. The first kappa shape index (κ1) is 12.4. The third-order valence-electron chi connectivity index (χ3n) is 2.38. The molecule has 0 aromatic rings. The number of aliphatic hydroxyl groups is 1. The predicted octanol–water partition coefficient (Wildman–Crippen LogP) is -0.000700. The van der Waals surface area contributed by atoms with Crippen molar-refractivity contribution in [2.24, 2.45) is 5.73 Å². The largest absolute Gasteiger partial charge is 0.388 e. The lowest BCUT2D eigenvalue weighted by molar-refractivity contribution is -0.127. The molecule has 0 spiro atoms. The minimum atomic E-state index is -0.975. The first-order valence-electron chi connectivity index (χ1n) is 4.38. The molecule has 1 atom stereocenters. The molecule has 0 radical (unpaired) electrons. The van der Waals surface area contributed by atoms with E-state index in [0.29, 0.717) is 0 Å². The zero-order chi connectivity index (χ0) is 10.9. The first-order chi connectivity index (χ1) is 5.58. The molecule has 0 aliphatic heterocycles. The topological polar surface area (TPSA) is 75.4 Å². The third-order valence-corrected chi connectivity index (χ3v) is 2.38. The van der Waals surface area contributed by atoms with Gasteiger partial charge in [0.2, 0.25) is 5.91 Å². The van der Waals surface area contributed by atoms with Gasteiger partial charge in [-0.05, 0) is 34.6 Å². The highest BCUT2D eigenvalue weighted by atomic mass is 16.3. The van der Waals surface area contributed by atoms with Gasteiger partial charge in [-0.2, -0.15) is 0 Å². The molecule has 4 N–H and O–H groups in total. The van der Waals surface area contributed by atoms with Crippen molar-refractivity contribution < 1.29 is 9.90 Å². The van der Waals surface area contributed by atoms with E-state index in [2.05, 4.69) is 5.32 Å². The lowest BCUT2D eigenvalue weighted by Gasteiger charge is -2.38. The molecule has 0 aliphatic rings. The van der Waals surface area contributed by atoms with Crippen LogP contribution in [0.2, 0.25) is 0 Å². The number of nitrogens with one attached hydrogen (secondary N) is 1. The van der Waals surface area contributed by atoms with Crippen LogP contribution in [0.4, 0.5) is 0 Å². The van der Waals surface area contributed by atoms with Gasteiger partial charge in [-0.15, -0.1) is 0 Å². The van der Waals surface area contributed by atoms with E-state index in [1.54, 1.807) is 34.6 Å². The van der Waals surface area contributed by atoms with Gasteiger partial charge in [0.15, 0.2) is 0 Å². The van der Waals surface area contributed by atoms with Crippen LogP contribution in [-0.2, 0) is 4.79 Å². The molecule has 0 rings (SSSR count). The van der Waals surface area contributed by atoms with Crippen LogP contribution < -0.4 is 11.1 Å². The number of carbonyl (C=O) groups is 1. The molecule has 4 heteroatoms. The summed E-state index contributed by atoms with van der Waals surface area (Å²) >= 11 is 0. The zero-order valence-electron chi connectivity index (χ0n) is 9.01. The summed E-state index contributed by atoms with van der Waals surface area (Å²) in [4.78, 5) is 11.3. The van der Waals surface area contributed by atoms with Crippen LogP contribution in [0.15, 0.2) is 0 Å². The van der Waals surface area contributed by atoms with Crippen molar-refractivity contribution in [3.8, 4) is 0 Å². The number of rotatable bonds is 3. The molecule has 0 bridgehead atoms. The van der Waals surface area contributed by atoms with E-state index >= 15 is 0 Å². The highest BCUT2D eigenvalue weighted by Gasteiger charge is 2.36. The van der Waals surface area contributed by atoms with Crippen LogP contribution in [0.3, 0.4) is 0 Å². The maximum absolute atomic E-state index is 11.3. The molecule has 4 nitrogen and oxygen atoms in total. The molecule has 78 valence electrons. The Kier molecular flexibility index (Phi) is 3.47. The number of carbonyl (C=O) groups excluding carboxylic acids is 1. The van der Waals surface area contributed by atoms with Gasteiger partial charge in [-0.1, -0.05) is 0 Å². The van der Waals surface area contributed by atoms with Crippen molar-refractivity contribution in [3.05, 3.63) is 0 Å². The molecule has 0 unspecified atom stereocenters. The Hall–Kier alpha value is -0.610. The van der Waals surface area contributed by atoms with Gasteiger partial charge in [0.25, 0.3) is 0 Å². The van der Waals surface area contributed by atoms with E-state index in [0.717, 1.165) is 0 Å². The molecule has 0 aromatic heterocycles. The molecule has 0 aliphatic carbocycles. The van der Waals surface area contributed by atoms with Crippen molar-refractivity contribution >= 4 is 5.91 Å². The van der Waals surface area contributed by atoms with Gasteiger partial charge in [0.1, 0.15) is 0 Å². The quantitative estimate of drug-likeness (QED) is 0.583. The van der Waals surface area contributed by atoms with Crippen molar-refractivity contribution in [3.63, 3.8) is 0 Å². The minimum absolute atomic E-state index is 0.257. The molecule has 0 fully saturated rings. The number of hydrogen-bond donors (Lipinski definition) is 3. The van der Waals surface area contributed by atoms with Crippen molar-refractivity contribution in [1.82, 2.24) is 5.32 Å². The van der Waals surface area contributed by atoms with Gasteiger partial charge < -0.3 is 16.2 Å². The van der Waals surface area contributed by atoms with Gasteiger partial charge in [-0.25, -0.2) is 0 Å². The average molecular weight is 188 g/mol. The molecule has 1 amide bonds. The van der Waals surface area contributed by atoms with Crippen LogP contribution >= 0.6 is 0 Å². The molecule has 13 heavy (non-hydrogen) atoms. The van der Waals surface area contributed by atoms with Crippen molar-refractivity contribution in [2.75, 3.05) is 0 Å². The van der Waals surface area contributed by atoms with E-state index < -0.39 is 17.2 Å². The van der Waals surface area contributed by atoms with Crippen LogP contribution in [0.5, 0.6) is 0 Å². The van der Waals surface area contributed by atoms with Crippen molar-refractivity contribution in [1.29, 1.82) is 0 Å². The lowest BCUT2D eigenvalue weighted by Crippen LogP contribution is -2.60. The Labute approximate surface area is 79.5 Å². The normalized spacial score (nSPS) is 15.3. The van der Waals surface area contributed by atoms with E-state index in [9.17, 15) is 9.90 Å². The molecular weight excluding hydrogens is 168 g/mol. The maximum atomic E-state index is 11.3. The predicted molar refractivity (Wildman–Crippen MR) is 52.2 cm³/mol. The smallest absolute Gasteiger partial charge is 0.237 e. The highest BCUT2D eigenvalue weighted by molar-refractivity contribution is 5.81. The summed E-state index contributed by atoms with van der Waals surface area (Å²) in [7, 11) is 0. The van der Waals surface area contributed by atoms with Crippen molar-refractivity contribution in [2.45, 2.75) is 51.8 Å². The second kappa shape index (κ2) is 3.64. The molecule has 0 aromatic carbocycles. The van der Waals surface area contributed by atoms with Crippen LogP contribution in [0.1, 0.15) is 34.6 Å². The Morgan fingerprint density at radius 3 is 2.00 bits per heavy atom. The molecule has 0 saturated heterocycles. The number of amides is 1. The van der Waals surface area contributed by atoms with Gasteiger partial charge in [0, 0.05) is 0 Å². The summed E-state index contributed by atoms with van der Waals surface area (Å²) in [6.45, 7) is 8.42. The molecular formula is C9H20N2O2. The van der Waals surface area contributed by atoms with Gasteiger partial charge in [-0.3, -0.25) is 4.79 Å². The Morgan fingerprint density at radius 1 is 1.38 bits per heavy atom. The SMILES string of the molecule is C[C@H](N)C(=O)NC(C)(C)C(C)(C)O. The van der Waals surface area contributed by atoms with Gasteiger partial charge in [0.05, 0.1) is 17.2 Å². The van der Waals surface area contributed by atoms with E-state index in [1.807, 2.05) is 0 Å². The number of hydrogen-bond acceptors (Lipinski definition) is 3. The minimum Gasteiger partial charge on any atom is -0.388 e. The summed E-state index contributed by atoms with van der Waals surface area (Å²) in [5, 5.41) is 12.4. The van der Waals surface area contributed by atoms with Crippen LogP contribution in [-0.4, -0.2) is 28.2 Å². The van der Waals surface area contributed by atoms with E-state index in [4.69, 9.17) is 5.73 Å². The average Bonchev–Trinajstić information content (AvgIpc) is 1.83. The maximum Gasteiger partial charge on any atom is 0.237 e. The summed E-state index contributed by atoms with van der Waals surface area (Å²) < 4.78 is 0. The van der Waals surface area contributed by atoms with E-state index in [-0.39, 0.29) is 5.91 Å². The van der Waals surface area contributed by atoms with Crippen LogP contribution in [0.25, 0.3) is 0 Å². The summed E-state index contributed by atoms with van der Waals surface area (Å²) in [5.41, 5.74) is 3.74. The monoisotopic (exact) mass is 188 g/mol. The highest BCUT2D eigenvalue weighted by Crippen LogP contribution is 2.20. The summed E-state index contributed by atoms with van der Waals surface area (Å²) in [5.74, 6) is -0.257. The van der Waals surface area contributed by atoms with Crippen LogP contribution in [0, 0.1) is 0 Å². The second-order valence-electron chi connectivity index (χ2n) is 4.46.